The number of benzene rings is 2. The number of rotatable bonds is 6. The van der Waals surface area contributed by atoms with E-state index in [1.165, 1.54) is 11.8 Å². The van der Waals surface area contributed by atoms with Gasteiger partial charge in [-0.25, -0.2) is 9.78 Å². The molecule has 0 saturated carbocycles. The third-order valence-electron chi connectivity index (χ3n) is 7.41. The topological polar surface area (TPSA) is 133 Å². The molecule has 4 aromatic rings. The van der Waals surface area contributed by atoms with Crippen LogP contribution in [0.25, 0.3) is 22.4 Å². The number of nitrogens with two attached hydrogens (primary N) is 1. The Morgan fingerprint density at radius 3 is 2.49 bits per heavy atom. The van der Waals surface area contributed by atoms with Crippen LogP contribution in [-0.2, 0) is 23.3 Å². The van der Waals surface area contributed by atoms with Gasteiger partial charge in [-0.1, -0.05) is 51.1 Å². The van der Waals surface area contributed by atoms with Gasteiger partial charge in [-0.2, -0.15) is 0 Å². The molecular weight excluding hydrogens is 494 g/mol. The second-order valence-electron chi connectivity index (χ2n) is 11.4. The molecule has 10 heteroatoms. The summed E-state index contributed by atoms with van der Waals surface area (Å²) in [5.41, 5.74) is 9.99. The Morgan fingerprint density at radius 1 is 1.08 bits per heavy atom. The number of anilines is 1. The smallest absolute Gasteiger partial charge is 0.328 e. The number of carbonyl (C=O) groups excluding carboxylic acids is 1. The first-order valence-electron chi connectivity index (χ1n) is 13.2. The highest BCUT2D eigenvalue weighted by molar-refractivity contribution is 5.91. The summed E-state index contributed by atoms with van der Waals surface area (Å²) in [6.45, 7) is 11.0. The number of aromatic nitrogens is 4. The summed E-state index contributed by atoms with van der Waals surface area (Å²) in [6, 6.07) is 14.9. The highest BCUT2D eigenvalue weighted by atomic mass is 16.2. The lowest BCUT2D eigenvalue weighted by molar-refractivity contribution is -0.118. The van der Waals surface area contributed by atoms with Gasteiger partial charge < -0.3 is 15.6 Å². The van der Waals surface area contributed by atoms with E-state index in [2.05, 4.69) is 77.8 Å². The molecule has 4 N–H and O–H groups in total. The molecule has 0 bridgehead atoms. The van der Waals surface area contributed by atoms with Crippen molar-refractivity contribution in [3.8, 4) is 11.4 Å². The molecule has 1 amide bonds. The lowest BCUT2D eigenvalue weighted by Gasteiger charge is -2.41. The highest BCUT2D eigenvalue weighted by Gasteiger charge is 2.26. The average Bonchev–Trinajstić information content (AvgIpc) is 3.32. The molecule has 1 saturated heterocycles. The fourth-order valence-electron chi connectivity index (χ4n) is 5.16. The van der Waals surface area contributed by atoms with Crippen molar-refractivity contribution >= 4 is 22.6 Å². The molecule has 0 unspecified atom stereocenters. The molecule has 2 aromatic carbocycles. The standard InChI is InChI=1S/C29H35N7O3/c1-18-14-35(13-12-34(18)15-20-16-36(17-24(30)37)28(39)33-27(20)38)23-7-5-6-22-25(23)32-26(31-22)19-8-10-21(11-9-19)29(2,3)4/h5-11,16,18H,12-15,17H2,1-4H3,(H2,30,37)(H,31,32)(H,33,38,39)/t18-/m0/s1. The molecule has 3 heterocycles. The third-order valence-corrected chi connectivity index (χ3v) is 7.41. The van der Waals surface area contributed by atoms with Crippen molar-refractivity contribution in [2.45, 2.75) is 52.2 Å². The molecule has 0 radical (unpaired) electrons. The van der Waals surface area contributed by atoms with Gasteiger partial charge in [0.1, 0.15) is 17.9 Å². The summed E-state index contributed by atoms with van der Waals surface area (Å²) >= 11 is 0. The van der Waals surface area contributed by atoms with Crippen LogP contribution in [0.3, 0.4) is 0 Å². The maximum Gasteiger partial charge on any atom is 0.328 e. The van der Waals surface area contributed by atoms with Gasteiger partial charge in [-0.05, 0) is 30.0 Å². The summed E-state index contributed by atoms with van der Waals surface area (Å²) in [5, 5.41) is 0. The quantitative estimate of drug-likeness (QED) is 0.352. The largest absolute Gasteiger partial charge is 0.368 e. The minimum atomic E-state index is -0.644. The van der Waals surface area contributed by atoms with E-state index in [1.807, 2.05) is 12.1 Å². The van der Waals surface area contributed by atoms with Crippen molar-refractivity contribution < 1.29 is 4.79 Å². The van der Waals surface area contributed by atoms with Gasteiger partial charge >= 0.3 is 5.69 Å². The van der Waals surface area contributed by atoms with E-state index in [-0.39, 0.29) is 18.0 Å². The molecule has 5 rings (SSSR count). The highest BCUT2D eigenvalue weighted by Crippen LogP contribution is 2.31. The zero-order valence-electron chi connectivity index (χ0n) is 22.8. The second kappa shape index (κ2) is 10.2. The molecule has 39 heavy (non-hydrogen) atoms. The number of nitrogens with zero attached hydrogens (tertiary/aromatic N) is 4. The summed E-state index contributed by atoms with van der Waals surface area (Å²) in [4.78, 5) is 51.1. The molecule has 1 fully saturated rings. The van der Waals surface area contributed by atoms with Crippen molar-refractivity contribution in [3.63, 3.8) is 0 Å². The first-order valence-corrected chi connectivity index (χ1v) is 13.2. The van der Waals surface area contributed by atoms with Crippen LogP contribution in [0.4, 0.5) is 5.69 Å². The predicted octanol–water partition coefficient (Wildman–Crippen LogP) is 2.57. The Hall–Kier alpha value is -4.18. The predicted molar refractivity (Wildman–Crippen MR) is 153 cm³/mol. The van der Waals surface area contributed by atoms with Gasteiger partial charge in [0, 0.05) is 49.5 Å². The number of primary amides is 1. The second-order valence-corrected chi connectivity index (χ2v) is 11.4. The maximum atomic E-state index is 12.4. The maximum absolute atomic E-state index is 12.4. The normalized spacial score (nSPS) is 16.6. The van der Waals surface area contributed by atoms with Crippen LogP contribution >= 0.6 is 0 Å². The number of aromatic amines is 2. The number of para-hydroxylation sites is 1. The Labute approximate surface area is 226 Å². The van der Waals surface area contributed by atoms with E-state index in [1.54, 1.807) is 0 Å². The molecule has 0 aliphatic carbocycles. The Bertz CT molecular complexity index is 1630. The van der Waals surface area contributed by atoms with E-state index in [4.69, 9.17) is 10.7 Å². The molecule has 1 aliphatic heterocycles. The monoisotopic (exact) mass is 529 g/mol. The molecule has 1 atom stereocenters. The van der Waals surface area contributed by atoms with E-state index in [9.17, 15) is 14.4 Å². The molecule has 1 aliphatic rings. The van der Waals surface area contributed by atoms with Crippen LogP contribution in [0.1, 0.15) is 38.8 Å². The first kappa shape index (κ1) is 26.4. The van der Waals surface area contributed by atoms with Crippen molar-refractivity contribution in [2.24, 2.45) is 5.73 Å². The minimum Gasteiger partial charge on any atom is -0.368 e. The van der Waals surface area contributed by atoms with Crippen LogP contribution in [0.5, 0.6) is 0 Å². The number of amides is 1. The van der Waals surface area contributed by atoms with Crippen LogP contribution in [0.15, 0.2) is 58.3 Å². The Kier molecular flexibility index (Phi) is 6.90. The van der Waals surface area contributed by atoms with Gasteiger partial charge in [-0.15, -0.1) is 0 Å². The molecule has 2 aromatic heterocycles. The number of nitrogens with one attached hydrogen (secondary N) is 2. The van der Waals surface area contributed by atoms with Crippen molar-refractivity contribution in [3.05, 3.63) is 80.6 Å². The summed E-state index contributed by atoms with van der Waals surface area (Å²) in [7, 11) is 0. The van der Waals surface area contributed by atoms with Crippen LogP contribution in [-0.4, -0.2) is 56.0 Å². The average molecular weight is 530 g/mol. The van der Waals surface area contributed by atoms with Gasteiger partial charge in [0.2, 0.25) is 5.91 Å². The summed E-state index contributed by atoms with van der Waals surface area (Å²) in [6.07, 6.45) is 1.44. The van der Waals surface area contributed by atoms with Crippen LogP contribution in [0.2, 0.25) is 0 Å². The lowest BCUT2D eigenvalue weighted by Crippen LogP contribution is -2.52. The van der Waals surface area contributed by atoms with Crippen molar-refractivity contribution in [2.75, 3.05) is 24.5 Å². The lowest BCUT2D eigenvalue weighted by atomic mass is 9.87. The van der Waals surface area contributed by atoms with Crippen molar-refractivity contribution in [1.82, 2.24) is 24.4 Å². The molecule has 10 nitrogen and oxygen atoms in total. The summed E-state index contributed by atoms with van der Waals surface area (Å²) in [5.74, 6) is 0.199. The van der Waals surface area contributed by atoms with Crippen LogP contribution in [0, 0.1) is 0 Å². The first-order chi connectivity index (χ1) is 18.5. The van der Waals surface area contributed by atoms with E-state index < -0.39 is 17.2 Å². The van der Waals surface area contributed by atoms with Gasteiger partial charge in [-0.3, -0.25) is 24.0 Å². The third kappa shape index (κ3) is 5.51. The number of carbonyl (C=O) groups is 1. The number of hydrogen-bond donors (Lipinski definition) is 3. The number of H-pyrrole nitrogens is 2. The van der Waals surface area contributed by atoms with Gasteiger partial charge in [0.25, 0.3) is 5.56 Å². The zero-order chi connectivity index (χ0) is 27.9. The SMILES string of the molecule is C[C@H]1CN(c2cccc3[nH]c(-c4ccc(C(C)(C)C)cc4)nc23)CCN1Cc1cn(CC(N)=O)c(=O)[nH]c1=O. The fourth-order valence-corrected chi connectivity index (χ4v) is 5.16. The number of hydrogen-bond acceptors (Lipinski definition) is 6. The number of imidazole rings is 1. The van der Waals surface area contributed by atoms with E-state index in [0.29, 0.717) is 12.1 Å². The van der Waals surface area contributed by atoms with Crippen LogP contribution < -0.4 is 21.9 Å². The van der Waals surface area contributed by atoms with E-state index in [0.717, 1.165) is 52.3 Å². The molecule has 0 spiro atoms. The van der Waals surface area contributed by atoms with Crippen molar-refractivity contribution in [1.29, 1.82) is 0 Å². The number of fused-ring (bicyclic) bond motifs is 1. The zero-order valence-corrected chi connectivity index (χ0v) is 22.8. The summed E-state index contributed by atoms with van der Waals surface area (Å²) < 4.78 is 1.15. The minimum absolute atomic E-state index is 0.0933. The molecular formula is C29H35N7O3. The van der Waals surface area contributed by atoms with Gasteiger partial charge in [0.15, 0.2) is 0 Å². The van der Waals surface area contributed by atoms with Gasteiger partial charge in [0.05, 0.1) is 11.2 Å². The fraction of sp³-hybridized carbons (Fsp3) is 0.379. The van der Waals surface area contributed by atoms with E-state index >= 15 is 0 Å². The Morgan fingerprint density at radius 2 is 1.82 bits per heavy atom. The number of piperazine rings is 1. The Balaban J connectivity index is 1.34. The molecule has 204 valence electrons.